The van der Waals surface area contributed by atoms with Crippen molar-refractivity contribution in [1.29, 1.82) is 0 Å². The first-order valence-corrected chi connectivity index (χ1v) is 5.84. The minimum absolute atomic E-state index is 0.402. The molecule has 0 saturated heterocycles. The summed E-state index contributed by atoms with van der Waals surface area (Å²) < 4.78 is 7.48. The van der Waals surface area contributed by atoms with Gasteiger partial charge in [0, 0.05) is 12.7 Å². The Morgan fingerprint density at radius 2 is 2.29 bits per heavy atom. The van der Waals surface area contributed by atoms with Gasteiger partial charge in [-0.15, -0.1) is 0 Å². The molecule has 0 unspecified atom stereocenters. The van der Waals surface area contributed by atoms with Crippen LogP contribution in [0.15, 0.2) is 24.5 Å². The molecule has 17 heavy (non-hydrogen) atoms. The molecule has 0 saturated carbocycles. The smallest absolute Gasteiger partial charge is 0.138 e. The lowest BCUT2D eigenvalue weighted by Crippen LogP contribution is -2.06. The highest BCUT2D eigenvalue weighted by Crippen LogP contribution is 2.21. The second-order valence-electron chi connectivity index (χ2n) is 3.64. The Kier molecular flexibility index (Phi) is 3.64. The largest absolute Gasteiger partial charge is 0.486 e. The lowest BCUT2D eigenvalue weighted by molar-refractivity contribution is 0.291. The Morgan fingerprint density at radius 3 is 2.94 bits per heavy atom. The zero-order valence-electron chi connectivity index (χ0n) is 9.85. The van der Waals surface area contributed by atoms with Gasteiger partial charge in [-0.05, 0) is 26.0 Å². The summed E-state index contributed by atoms with van der Waals surface area (Å²) in [4.78, 5) is 3.99. The fourth-order valence-corrected chi connectivity index (χ4v) is 1.78. The number of halogens is 1. The summed E-state index contributed by atoms with van der Waals surface area (Å²) in [6.45, 7) is 5.09. The van der Waals surface area contributed by atoms with Crippen molar-refractivity contribution in [1.82, 2.24) is 14.8 Å². The summed E-state index contributed by atoms with van der Waals surface area (Å²) in [5.74, 6) is 0.727. The first-order chi connectivity index (χ1) is 8.22. The van der Waals surface area contributed by atoms with Crippen molar-refractivity contribution in [2.45, 2.75) is 27.0 Å². The van der Waals surface area contributed by atoms with Crippen LogP contribution in [0.2, 0.25) is 5.02 Å². The van der Waals surface area contributed by atoms with E-state index < -0.39 is 0 Å². The Hall–Kier alpha value is -1.55. The molecule has 0 aliphatic carbocycles. The summed E-state index contributed by atoms with van der Waals surface area (Å²) in [5, 5.41) is 5.01. The van der Waals surface area contributed by atoms with Gasteiger partial charge < -0.3 is 4.74 Å². The average Bonchev–Trinajstić information content (AvgIpc) is 2.64. The molecular weight excluding hydrogens is 238 g/mol. The molecular formula is C12H14ClN3O. The van der Waals surface area contributed by atoms with Crippen LogP contribution in [0.5, 0.6) is 5.75 Å². The zero-order chi connectivity index (χ0) is 12.3. The maximum atomic E-state index is 6.18. The first kappa shape index (κ1) is 11.9. The Balaban J connectivity index is 2.14. The van der Waals surface area contributed by atoms with E-state index in [0.717, 1.165) is 23.7 Å². The first-order valence-electron chi connectivity index (χ1n) is 5.47. The highest BCUT2D eigenvalue weighted by molar-refractivity contribution is 6.31. The van der Waals surface area contributed by atoms with Gasteiger partial charge in [0.05, 0.1) is 22.6 Å². The Labute approximate surface area is 105 Å². The van der Waals surface area contributed by atoms with Crippen molar-refractivity contribution >= 4 is 11.6 Å². The van der Waals surface area contributed by atoms with Crippen LogP contribution in [0, 0.1) is 6.92 Å². The number of hydrogen-bond acceptors (Lipinski definition) is 3. The van der Waals surface area contributed by atoms with Crippen molar-refractivity contribution < 1.29 is 4.74 Å². The van der Waals surface area contributed by atoms with Gasteiger partial charge in [0.1, 0.15) is 12.4 Å². The molecule has 0 radical (unpaired) electrons. The van der Waals surface area contributed by atoms with Crippen molar-refractivity contribution in [3.8, 4) is 5.75 Å². The molecule has 2 heterocycles. The van der Waals surface area contributed by atoms with Gasteiger partial charge in [0.2, 0.25) is 0 Å². The van der Waals surface area contributed by atoms with E-state index >= 15 is 0 Å². The monoisotopic (exact) mass is 251 g/mol. The molecule has 0 N–H and O–H groups in total. The number of hydrogen-bond donors (Lipinski definition) is 0. The van der Waals surface area contributed by atoms with Gasteiger partial charge in [-0.1, -0.05) is 11.6 Å². The summed E-state index contributed by atoms with van der Waals surface area (Å²) in [6, 6.07) is 3.69. The van der Waals surface area contributed by atoms with Crippen LogP contribution in [0.4, 0.5) is 0 Å². The van der Waals surface area contributed by atoms with Crippen molar-refractivity contribution in [3.05, 3.63) is 40.9 Å². The van der Waals surface area contributed by atoms with E-state index in [4.69, 9.17) is 16.3 Å². The van der Waals surface area contributed by atoms with E-state index in [0.29, 0.717) is 11.6 Å². The summed E-state index contributed by atoms with van der Waals surface area (Å²) in [7, 11) is 0. The van der Waals surface area contributed by atoms with E-state index in [1.165, 1.54) is 0 Å². The van der Waals surface area contributed by atoms with Crippen molar-refractivity contribution in [3.63, 3.8) is 0 Å². The molecule has 0 atom stereocenters. The third kappa shape index (κ3) is 2.58. The summed E-state index contributed by atoms with van der Waals surface area (Å²) >= 11 is 6.18. The summed E-state index contributed by atoms with van der Waals surface area (Å²) in [6.07, 6.45) is 3.38. The third-order valence-corrected chi connectivity index (χ3v) is 2.95. The number of ether oxygens (including phenoxy) is 1. The maximum Gasteiger partial charge on any atom is 0.138 e. The molecule has 90 valence electrons. The normalized spacial score (nSPS) is 10.5. The quantitative estimate of drug-likeness (QED) is 0.839. The van der Waals surface area contributed by atoms with Crippen LogP contribution < -0.4 is 4.74 Å². The molecule has 0 fully saturated rings. The lowest BCUT2D eigenvalue weighted by Gasteiger charge is -2.07. The minimum Gasteiger partial charge on any atom is -0.486 e. The molecule has 2 aromatic rings. The topological polar surface area (TPSA) is 39.9 Å². The molecule has 2 rings (SSSR count). The maximum absolute atomic E-state index is 6.18. The second kappa shape index (κ2) is 5.19. The molecule has 0 spiro atoms. The predicted molar refractivity (Wildman–Crippen MR) is 66.2 cm³/mol. The van der Waals surface area contributed by atoms with E-state index in [1.807, 2.05) is 30.7 Å². The van der Waals surface area contributed by atoms with E-state index in [9.17, 15) is 0 Å². The average molecular weight is 252 g/mol. The van der Waals surface area contributed by atoms with Crippen LogP contribution in [0.25, 0.3) is 0 Å². The second-order valence-corrected chi connectivity index (χ2v) is 4.02. The molecule has 0 aromatic carbocycles. The van der Waals surface area contributed by atoms with E-state index in [-0.39, 0.29) is 0 Å². The van der Waals surface area contributed by atoms with Gasteiger partial charge in [-0.2, -0.15) is 5.10 Å². The summed E-state index contributed by atoms with van der Waals surface area (Å²) in [5.41, 5.74) is 1.73. The lowest BCUT2D eigenvalue weighted by atomic mass is 10.3. The van der Waals surface area contributed by atoms with Crippen LogP contribution in [0.1, 0.15) is 18.3 Å². The highest BCUT2D eigenvalue weighted by Gasteiger charge is 2.12. The molecule has 2 aromatic heterocycles. The van der Waals surface area contributed by atoms with Gasteiger partial charge in [0.25, 0.3) is 0 Å². The van der Waals surface area contributed by atoms with Crippen LogP contribution in [0.3, 0.4) is 0 Å². The molecule has 0 aliphatic heterocycles. The fourth-order valence-electron chi connectivity index (χ4n) is 1.59. The standard InChI is InChI=1S/C12H14ClN3O/c1-3-16-11(12(13)9(2)15-16)8-17-10-5-4-6-14-7-10/h4-7H,3,8H2,1-2H3. The van der Waals surface area contributed by atoms with E-state index in [1.54, 1.807) is 12.4 Å². The van der Waals surface area contributed by atoms with Gasteiger partial charge in [-0.3, -0.25) is 9.67 Å². The highest BCUT2D eigenvalue weighted by atomic mass is 35.5. The van der Waals surface area contributed by atoms with Crippen molar-refractivity contribution in [2.24, 2.45) is 0 Å². The minimum atomic E-state index is 0.402. The fraction of sp³-hybridized carbons (Fsp3) is 0.333. The van der Waals surface area contributed by atoms with Crippen LogP contribution >= 0.6 is 11.6 Å². The zero-order valence-corrected chi connectivity index (χ0v) is 10.6. The Morgan fingerprint density at radius 1 is 1.47 bits per heavy atom. The predicted octanol–water partition coefficient (Wildman–Crippen LogP) is 2.84. The Bertz CT molecular complexity index is 496. The van der Waals surface area contributed by atoms with Gasteiger partial charge in [-0.25, -0.2) is 0 Å². The number of rotatable bonds is 4. The SMILES string of the molecule is CCn1nc(C)c(Cl)c1COc1cccnc1. The van der Waals surface area contributed by atoms with Gasteiger partial charge >= 0.3 is 0 Å². The molecule has 0 amide bonds. The number of nitrogens with zero attached hydrogens (tertiary/aromatic N) is 3. The number of aromatic nitrogens is 3. The molecule has 0 aliphatic rings. The molecule has 4 nitrogen and oxygen atoms in total. The molecule has 5 heteroatoms. The van der Waals surface area contributed by atoms with E-state index in [2.05, 4.69) is 10.1 Å². The van der Waals surface area contributed by atoms with Crippen molar-refractivity contribution in [2.75, 3.05) is 0 Å². The number of pyridine rings is 1. The van der Waals surface area contributed by atoms with Crippen LogP contribution in [-0.4, -0.2) is 14.8 Å². The third-order valence-electron chi connectivity index (χ3n) is 2.46. The van der Waals surface area contributed by atoms with Gasteiger partial charge in [0.15, 0.2) is 0 Å². The number of aryl methyl sites for hydroxylation is 2. The van der Waals surface area contributed by atoms with Crippen LogP contribution in [-0.2, 0) is 13.2 Å². The molecule has 0 bridgehead atoms.